The van der Waals surface area contributed by atoms with Crippen molar-refractivity contribution in [1.29, 1.82) is 0 Å². The van der Waals surface area contributed by atoms with Gasteiger partial charge in [0.2, 0.25) is 0 Å². The second-order valence-electron chi connectivity index (χ2n) is 4.54. The van der Waals surface area contributed by atoms with Crippen LogP contribution in [-0.2, 0) is 9.59 Å². The number of Topliss-reactive ketones (excluding diaryl/α,β-unsaturated/α-hetero) is 2. The number of ketones is 2. The summed E-state index contributed by atoms with van der Waals surface area (Å²) in [6.45, 7) is 0. The van der Waals surface area contributed by atoms with E-state index in [4.69, 9.17) is 46.4 Å². The molecule has 0 aromatic heterocycles. The van der Waals surface area contributed by atoms with E-state index in [1.807, 2.05) is 12.2 Å². The molecule has 0 heterocycles. The first-order valence-electron chi connectivity index (χ1n) is 5.06. The fourth-order valence-electron chi connectivity index (χ4n) is 3.01. The summed E-state index contributed by atoms with van der Waals surface area (Å²) in [5.41, 5.74) is 0. The zero-order valence-electron chi connectivity index (χ0n) is 8.34. The molecule has 0 spiro atoms. The molecule has 90 valence electrons. The summed E-state index contributed by atoms with van der Waals surface area (Å²) < 4.78 is 0. The molecule has 6 heteroatoms. The molecular formula is C11H6Cl4O2. The zero-order chi connectivity index (χ0) is 12.6. The fraction of sp³-hybridized carbons (Fsp3) is 0.455. The Morgan fingerprint density at radius 2 is 1.29 bits per heavy atom. The van der Waals surface area contributed by atoms with Crippen LogP contribution >= 0.6 is 46.4 Å². The average Bonchev–Trinajstić information content (AvgIpc) is 2.87. The summed E-state index contributed by atoms with van der Waals surface area (Å²) in [5.74, 6) is -1.61. The van der Waals surface area contributed by atoms with E-state index in [0.29, 0.717) is 6.42 Å². The van der Waals surface area contributed by atoms with Crippen LogP contribution in [0.3, 0.4) is 0 Å². The first kappa shape index (κ1) is 12.0. The molecule has 0 aromatic carbocycles. The number of carbonyl (C=O) groups is 2. The first-order chi connectivity index (χ1) is 7.85. The summed E-state index contributed by atoms with van der Waals surface area (Å²) in [5, 5.41) is -0.604. The van der Waals surface area contributed by atoms with Crippen LogP contribution in [0.25, 0.3) is 0 Å². The summed E-state index contributed by atoms with van der Waals surface area (Å²) in [4.78, 5) is 21.4. The van der Waals surface area contributed by atoms with Gasteiger partial charge >= 0.3 is 0 Å². The first-order valence-corrected chi connectivity index (χ1v) is 6.57. The van der Waals surface area contributed by atoms with E-state index in [-0.39, 0.29) is 21.9 Å². The van der Waals surface area contributed by atoms with E-state index in [2.05, 4.69) is 0 Å². The lowest BCUT2D eigenvalue weighted by molar-refractivity contribution is -0.127. The number of carbonyl (C=O) groups excluding carboxylic acids is 2. The molecule has 3 rings (SSSR count). The molecular weight excluding hydrogens is 306 g/mol. The van der Waals surface area contributed by atoms with Crippen molar-refractivity contribution >= 4 is 58.0 Å². The molecule has 0 saturated heterocycles. The van der Waals surface area contributed by atoms with Crippen LogP contribution in [-0.4, -0.2) is 21.3 Å². The highest BCUT2D eigenvalue weighted by Gasteiger charge is 2.74. The number of hydrogen-bond acceptors (Lipinski definition) is 2. The number of fused-ring (bicyclic) bond motifs is 5. The monoisotopic (exact) mass is 310 g/mol. The predicted octanol–water partition coefficient (Wildman–Crippen LogP) is 2.99. The number of alkyl halides is 2. The number of rotatable bonds is 0. The van der Waals surface area contributed by atoms with Crippen LogP contribution in [0.2, 0.25) is 0 Å². The Kier molecular flexibility index (Phi) is 2.33. The summed E-state index contributed by atoms with van der Waals surface area (Å²) >= 11 is 24.3. The van der Waals surface area contributed by atoms with Gasteiger partial charge in [-0.3, -0.25) is 9.59 Å². The highest BCUT2D eigenvalue weighted by molar-refractivity contribution is 6.66. The number of halogens is 4. The molecule has 2 bridgehead atoms. The topological polar surface area (TPSA) is 34.1 Å². The Hall–Kier alpha value is -0.0200. The van der Waals surface area contributed by atoms with Gasteiger partial charge in [-0.05, 0) is 6.42 Å². The largest absolute Gasteiger partial charge is 0.291 e. The smallest absolute Gasteiger partial charge is 0.199 e. The minimum absolute atomic E-state index is 0.262. The molecule has 4 atom stereocenters. The third kappa shape index (κ3) is 1.07. The SMILES string of the molecule is O=C1C(Cl)=C(Cl)C(=O)C2(Cl)[C@H]3C=C[C@H](C3)C12Cl. The van der Waals surface area contributed by atoms with Gasteiger partial charge in [0.05, 0.1) is 0 Å². The lowest BCUT2D eigenvalue weighted by atomic mass is 9.73. The van der Waals surface area contributed by atoms with E-state index >= 15 is 0 Å². The van der Waals surface area contributed by atoms with E-state index in [0.717, 1.165) is 0 Å². The maximum absolute atomic E-state index is 12.2. The number of allylic oxidation sites excluding steroid dienone is 4. The molecule has 0 aromatic rings. The van der Waals surface area contributed by atoms with Gasteiger partial charge in [0.15, 0.2) is 11.6 Å². The maximum atomic E-state index is 12.2. The lowest BCUT2D eigenvalue weighted by Crippen LogP contribution is -2.61. The van der Waals surface area contributed by atoms with Crippen molar-refractivity contribution < 1.29 is 9.59 Å². The Labute approximate surface area is 118 Å². The molecule has 3 aliphatic carbocycles. The van der Waals surface area contributed by atoms with Crippen LogP contribution in [0.5, 0.6) is 0 Å². The second kappa shape index (κ2) is 3.30. The molecule has 2 unspecified atom stereocenters. The van der Waals surface area contributed by atoms with Crippen molar-refractivity contribution in [3.8, 4) is 0 Å². The van der Waals surface area contributed by atoms with Crippen molar-refractivity contribution in [2.45, 2.75) is 16.2 Å². The molecule has 1 fully saturated rings. The van der Waals surface area contributed by atoms with Crippen molar-refractivity contribution in [2.24, 2.45) is 11.8 Å². The minimum atomic E-state index is -1.49. The van der Waals surface area contributed by atoms with Crippen molar-refractivity contribution in [3.63, 3.8) is 0 Å². The molecule has 3 aliphatic rings. The van der Waals surface area contributed by atoms with Crippen LogP contribution in [0.15, 0.2) is 22.2 Å². The Balaban J connectivity index is 2.31. The summed E-state index contributed by atoms with van der Waals surface area (Å²) in [6, 6.07) is 0. The highest BCUT2D eigenvalue weighted by Crippen LogP contribution is 2.64. The lowest BCUT2D eigenvalue weighted by Gasteiger charge is -2.43. The average molecular weight is 312 g/mol. The van der Waals surface area contributed by atoms with Crippen LogP contribution in [0.1, 0.15) is 6.42 Å². The van der Waals surface area contributed by atoms with E-state index < -0.39 is 21.3 Å². The standard InChI is InChI=1S/C11H6Cl4O2/c12-6-7(13)9(17)11(15)5-2-1-4(3-5)10(11,14)8(6)16/h1-2,4-5H,3H2/t4-,5+,10?,11?. The van der Waals surface area contributed by atoms with E-state index in [1.54, 1.807) is 0 Å². The van der Waals surface area contributed by atoms with E-state index in [1.165, 1.54) is 0 Å². The van der Waals surface area contributed by atoms with Gasteiger partial charge < -0.3 is 0 Å². The quantitative estimate of drug-likeness (QED) is 0.509. The van der Waals surface area contributed by atoms with Crippen LogP contribution < -0.4 is 0 Å². The molecule has 0 N–H and O–H groups in total. The maximum Gasteiger partial charge on any atom is 0.199 e. The molecule has 2 nitrogen and oxygen atoms in total. The molecule has 17 heavy (non-hydrogen) atoms. The van der Waals surface area contributed by atoms with Crippen LogP contribution in [0.4, 0.5) is 0 Å². The van der Waals surface area contributed by atoms with E-state index in [9.17, 15) is 9.59 Å². The molecule has 0 radical (unpaired) electrons. The fourth-order valence-corrected chi connectivity index (χ4v) is 4.55. The normalized spacial score (nSPS) is 48.0. The summed E-state index contributed by atoms with van der Waals surface area (Å²) in [7, 11) is 0. The Morgan fingerprint density at radius 1 is 0.941 bits per heavy atom. The minimum Gasteiger partial charge on any atom is -0.291 e. The van der Waals surface area contributed by atoms with Crippen molar-refractivity contribution in [2.75, 3.05) is 0 Å². The molecule has 1 saturated carbocycles. The predicted molar refractivity (Wildman–Crippen MR) is 66.7 cm³/mol. The summed E-state index contributed by atoms with van der Waals surface area (Å²) in [6.07, 6.45) is 4.23. The van der Waals surface area contributed by atoms with Crippen molar-refractivity contribution in [1.82, 2.24) is 0 Å². The van der Waals surface area contributed by atoms with Gasteiger partial charge in [0, 0.05) is 11.8 Å². The zero-order valence-corrected chi connectivity index (χ0v) is 11.4. The third-order valence-electron chi connectivity index (χ3n) is 3.89. The Morgan fingerprint density at radius 3 is 1.65 bits per heavy atom. The molecule has 0 aliphatic heterocycles. The van der Waals surface area contributed by atoms with Crippen LogP contribution in [0, 0.1) is 11.8 Å². The van der Waals surface area contributed by atoms with Crippen molar-refractivity contribution in [3.05, 3.63) is 22.2 Å². The van der Waals surface area contributed by atoms with Gasteiger partial charge in [-0.1, -0.05) is 35.4 Å². The number of hydrogen-bond donors (Lipinski definition) is 0. The molecule has 0 amide bonds. The van der Waals surface area contributed by atoms with Gasteiger partial charge in [-0.2, -0.15) is 0 Å². The Bertz CT molecular complexity index is 480. The highest BCUT2D eigenvalue weighted by atomic mass is 35.5. The third-order valence-corrected chi connectivity index (χ3v) is 6.30. The van der Waals surface area contributed by atoms with Gasteiger partial charge in [-0.15, -0.1) is 23.2 Å². The second-order valence-corrected chi connectivity index (χ2v) is 6.49. The van der Waals surface area contributed by atoms with Gasteiger partial charge in [0.25, 0.3) is 0 Å². The van der Waals surface area contributed by atoms with Gasteiger partial charge in [0.1, 0.15) is 19.8 Å². The van der Waals surface area contributed by atoms with Gasteiger partial charge in [-0.25, -0.2) is 0 Å².